The number of rotatable bonds is 2. The van der Waals surface area contributed by atoms with Crippen LogP contribution in [-0.2, 0) is 0 Å². The van der Waals surface area contributed by atoms with E-state index in [1.807, 2.05) is 6.08 Å². The molecule has 0 saturated heterocycles. The molecule has 12 heavy (non-hydrogen) atoms. The fraction of sp³-hybridized carbons (Fsp3) is 0.500. The standard InChI is InChI=1S/C12H18/c1-5-6-10(3)12-8-7-9(2)11(12)4/h5-6,9H,1,7-8H2,2-4H3/b10-6-. The Labute approximate surface area is 75.7 Å². The second-order valence-electron chi connectivity index (χ2n) is 3.69. The Hall–Kier alpha value is -0.780. The van der Waals surface area contributed by atoms with Crippen LogP contribution in [0.1, 0.15) is 33.6 Å². The molecule has 0 heteroatoms. The Balaban J connectivity index is 2.89. The molecule has 1 atom stereocenters. The number of hydrogen-bond acceptors (Lipinski definition) is 0. The van der Waals surface area contributed by atoms with E-state index in [0.29, 0.717) is 0 Å². The third-order valence-corrected chi connectivity index (χ3v) is 2.89. The summed E-state index contributed by atoms with van der Waals surface area (Å²) in [4.78, 5) is 0. The third-order valence-electron chi connectivity index (χ3n) is 2.89. The van der Waals surface area contributed by atoms with Gasteiger partial charge in [-0.05, 0) is 43.8 Å². The third kappa shape index (κ3) is 1.69. The molecule has 0 aromatic carbocycles. The molecule has 0 radical (unpaired) electrons. The van der Waals surface area contributed by atoms with Crippen LogP contribution in [0.25, 0.3) is 0 Å². The van der Waals surface area contributed by atoms with Crippen LogP contribution in [0, 0.1) is 5.92 Å². The summed E-state index contributed by atoms with van der Waals surface area (Å²) in [5, 5.41) is 0. The summed E-state index contributed by atoms with van der Waals surface area (Å²) >= 11 is 0. The van der Waals surface area contributed by atoms with Gasteiger partial charge in [0.1, 0.15) is 0 Å². The average Bonchev–Trinajstić information content (AvgIpc) is 2.34. The van der Waals surface area contributed by atoms with E-state index in [4.69, 9.17) is 0 Å². The molecule has 0 saturated carbocycles. The highest BCUT2D eigenvalue weighted by Gasteiger charge is 2.18. The molecule has 0 fully saturated rings. The molecule has 1 aliphatic rings. The van der Waals surface area contributed by atoms with Crippen molar-refractivity contribution in [1.82, 2.24) is 0 Å². The lowest BCUT2D eigenvalue weighted by Crippen LogP contribution is -1.88. The van der Waals surface area contributed by atoms with Crippen LogP contribution < -0.4 is 0 Å². The Morgan fingerprint density at radius 2 is 2.25 bits per heavy atom. The Morgan fingerprint density at radius 3 is 2.67 bits per heavy atom. The smallest absolute Gasteiger partial charge is 0.0225 e. The molecular weight excluding hydrogens is 144 g/mol. The quantitative estimate of drug-likeness (QED) is 0.541. The molecule has 0 nitrogen and oxygen atoms in total. The summed E-state index contributed by atoms with van der Waals surface area (Å²) in [6, 6.07) is 0. The first-order valence-corrected chi connectivity index (χ1v) is 4.66. The van der Waals surface area contributed by atoms with Crippen molar-refractivity contribution in [3.05, 3.63) is 35.5 Å². The Morgan fingerprint density at radius 1 is 1.58 bits per heavy atom. The molecule has 1 rings (SSSR count). The molecule has 0 aliphatic heterocycles. The topological polar surface area (TPSA) is 0 Å². The molecule has 1 aliphatic carbocycles. The van der Waals surface area contributed by atoms with E-state index in [9.17, 15) is 0 Å². The zero-order valence-corrected chi connectivity index (χ0v) is 8.35. The summed E-state index contributed by atoms with van der Waals surface area (Å²) in [7, 11) is 0. The van der Waals surface area contributed by atoms with Gasteiger partial charge in [-0.25, -0.2) is 0 Å². The molecule has 0 aromatic heterocycles. The number of hydrogen-bond donors (Lipinski definition) is 0. The van der Waals surface area contributed by atoms with Gasteiger partial charge in [-0.3, -0.25) is 0 Å². The van der Waals surface area contributed by atoms with Gasteiger partial charge in [0.05, 0.1) is 0 Å². The van der Waals surface area contributed by atoms with Crippen LogP contribution in [-0.4, -0.2) is 0 Å². The first kappa shape index (κ1) is 9.31. The van der Waals surface area contributed by atoms with E-state index in [2.05, 4.69) is 33.4 Å². The Kier molecular flexibility index (Phi) is 2.91. The minimum atomic E-state index is 0.785. The predicted octanol–water partition coefficient (Wildman–Crippen LogP) is 3.87. The van der Waals surface area contributed by atoms with Crippen molar-refractivity contribution in [2.75, 3.05) is 0 Å². The van der Waals surface area contributed by atoms with Crippen LogP contribution in [0.4, 0.5) is 0 Å². The SMILES string of the molecule is C=C/C=C(/C)C1=C(C)C(C)CC1. The average molecular weight is 162 g/mol. The molecule has 0 spiro atoms. The van der Waals surface area contributed by atoms with E-state index >= 15 is 0 Å². The van der Waals surface area contributed by atoms with E-state index in [0.717, 1.165) is 5.92 Å². The molecular formula is C12H18. The lowest BCUT2D eigenvalue weighted by Gasteiger charge is -2.04. The van der Waals surface area contributed by atoms with Crippen molar-refractivity contribution in [1.29, 1.82) is 0 Å². The van der Waals surface area contributed by atoms with Crippen LogP contribution in [0.3, 0.4) is 0 Å². The Bertz CT molecular complexity index is 241. The first-order valence-electron chi connectivity index (χ1n) is 4.66. The highest BCUT2D eigenvalue weighted by Crippen LogP contribution is 2.34. The van der Waals surface area contributed by atoms with Gasteiger partial charge in [0.25, 0.3) is 0 Å². The second-order valence-corrected chi connectivity index (χ2v) is 3.69. The number of allylic oxidation sites excluding steroid dienone is 5. The highest BCUT2D eigenvalue weighted by molar-refractivity contribution is 5.38. The van der Waals surface area contributed by atoms with Crippen molar-refractivity contribution in [2.45, 2.75) is 33.6 Å². The monoisotopic (exact) mass is 162 g/mol. The van der Waals surface area contributed by atoms with Gasteiger partial charge < -0.3 is 0 Å². The first-order chi connectivity index (χ1) is 5.66. The van der Waals surface area contributed by atoms with Gasteiger partial charge in [0.2, 0.25) is 0 Å². The van der Waals surface area contributed by atoms with Crippen molar-refractivity contribution in [2.24, 2.45) is 5.92 Å². The summed E-state index contributed by atoms with van der Waals surface area (Å²) in [5.74, 6) is 0.785. The van der Waals surface area contributed by atoms with E-state index in [1.54, 1.807) is 11.1 Å². The minimum Gasteiger partial charge on any atom is -0.0991 e. The maximum Gasteiger partial charge on any atom is -0.0225 e. The zero-order valence-electron chi connectivity index (χ0n) is 8.35. The van der Waals surface area contributed by atoms with Gasteiger partial charge in [0, 0.05) is 0 Å². The van der Waals surface area contributed by atoms with Crippen molar-refractivity contribution in [3.8, 4) is 0 Å². The van der Waals surface area contributed by atoms with E-state index < -0.39 is 0 Å². The van der Waals surface area contributed by atoms with Gasteiger partial charge in [-0.1, -0.05) is 31.2 Å². The summed E-state index contributed by atoms with van der Waals surface area (Å²) < 4.78 is 0. The van der Waals surface area contributed by atoms with Crippen molar-refractivity contribution >= 4 is 0 Å². The molecule has 66 valence electrons. The van der Waals surface area contributed by atoms with Crippen molar-refractivity contribution in [3.63, 3.8) is 0 Å². The van der Waals surface area contributed by atoms with Crippen LogP contribution >= 0.6 is 0 Å². The second kappa shape index (κ2) is 3.75. The maximum absolute atomic E-state index is 3.72. The molecule has 0 heterocycles. The van der Waals surface area contributed by atoms with Crippen LogP contribution in [0.5, 0.6) is 0 Å². The lowest BCUT2D eigenvalue weighted by molar-refractivity contribution is 0.669. The summed E-state index contributed by atoms with van der Waals surface area (Å²) in [6.45, 7) is 10.5. The largest absolute Gasteiger partial charge is 0.0991 e. The summed E-state index contributed by atoms with van der Waals surface area (Å²) in [6.07, 6.45) is 6.56. The van der Waals surface area contributed by atoms with Crippen LogP contribution in [0.15, 0.2) is 35.5 Å². The zero-order chi connectivity index (χ0) is 9.14. The summed E-state index contributed by atoms with van der Waals surface area (Å²) in [5.41, 5.74) is 4.53. The lowest BCUT2D eigenvalue weighted by atomic mass is 10.0. The van der Waals surface area contributed by atoms with Gasteiger partial charge in [-0.15, -0.1) is 0 Å². The molecule has 0 aromatic rings. The van der Waals surface area contributed by atoms with Gasteiger partial charge in [-0.2, -0.15) is 0 Å². The molecule has 0 amide bonds. The predicted molar refractivity (Wildman–Crippen MR) is 55.1 cm³/mol. The molecule has 0 N–H and O–H groups in total. The van der Waals surface area contributed by atoms with E-state index in [1.165, 1.54) is 18.4 Å². The van der Waals surface area contributed by atoms with Gasteiger partial charge >= 0.3 is 0 Å². The van der Waals surface area contributed by atoms with Crippen molar-refractivity contribution < 1.29 is 0 Å². The minimum absolute atomic E-state index is 0.785. The maximum atomic E-state index is 3.72. The fourth-order valence-electron chi connectivity index (χ4n) is 1.86. The molecule has 0 bridgehead atoms. The van der Waals surface area contributed by atoms with E-state index in [-0.39, 0.29) is 0 Å². The fourth-order valence-corrected chi connectivity index (χ4v) is 1.86. The molecule has 1 unspecified atom stereocenters. The normalized spacial score (nSPS) is 24.9. The van der Waals surface area contributed by atoms with Crippen LogP contribution in [0.2, 0.25) is 0 Å². The highest BCUT2D eigenvalue weighted by atomic mass is 14.2. The van der Waals surface area contributed by atoms with Gasteiger partial charge in [0.15, 0.2) is 0 Å².